The summed E-state index contributed by atoms with van der Waals surface area (Å²) in [6, 6.07) is 31.3. The molecule has 2 aliphatic rings. The maximum Gasteiger partial charge on any atom is 0.337 e. The summed E-state index contributed by atoms with van der Waals surface area (Å²) in [7, 11) is 2.78. The molecule has 0 unspecified atom stereocenters. The molecular weight excluding hydrogens is 1560 g/mol. The van der Waals surface area contributed by atoms with Gasteiger partial charge in [0.25, 0.3) is 0 Å². The second-order valence-corrected chi connectivity index (χ2v) is 39.1. The number of fused-ring (bicyclic) bond motifs is 8. The summed E-state index contributed by atoms with van der Waals surface area (Å²) in [5.41, 5.74) is 12.1. The van der Waals surface area contributed by atoms with Gasteiger partial charge in [0.2, 0.25) is 11.5 Å². The van der Waals surface area contributed by atoms with E-state index in [0.29, 0.717) is 212 Å². The minimum atomic E-state index is -0.429. The fraction of sp³-hybridized carbons (Fsp3) is 0.554. The molecule has 0 spiro atoms. The zero-order valence-corrected chi connectivity index (χ0v) is 80.7. The lowest BCUT2D eigenvalue weighted by Gasteiger charge is -2.21. The van der Waals surface area contributed by atoms with Crippen LogP contribution in [0.15, 0.2) is 97.1 Å². The SMILES string of the molecule is COC(=O)c1ccc(C#Cc2c3nc(c(-c4cc(OCC[C@@H](C)CCCC(C)C)c(OCC[C@@H](C)CCCC(C)C)c(OCC[C@@H](C)CCCC(C)C)c4)c4ccc([nH]4)c(C#Cc4ccc(C(=O)OC)cc4)c4nc(c(-c5cc(OCC[C@@H](C)CCCC(C)C)c(OCC[C@@H](C)CCCC(C)C)c(OCC[C@@H](C)CCCC(C)C)c5)c5ccc2[nH]5)C=C4)C=C3)cc1. The largest absolute Gasteiger partial charge is 0.490 e. The molecule has 9 rings (SSSR count). The molecule has 8 bridgehead atoms. The van der Waals surface area contributed by atoms with Crippen LogP contribution in [-0.2, 0) is 9.47 Å². The monoisotopic (exact) mass is 1720 g/mol. The Kier molecular flexibility index (Phi) is 41.3. The third kappa shape index (κ3) is 32.6. The number of carbonyl (C=O) groups is 2. The molecule has 7 aromatic rings. The van der Waals surface area contributed by atoms with Gasteiger partial charge in [0.05, 0.1) is 110 Å². The summed E-state index contributed by atoms with van der Waals surface area (Å²) in [4.78, 5) is 45.1. The van der Waals surface area contributed by atoms with E-state index >= 15 is 0 Å². The highest BCUT2D eigenvalue weighted by Crippen LogP contribution is 2.47. The summed E-state index contributed by atoms with van der Waals surface area (Å²) in [5, 5.41) is 0. The van der Waals surface area contributed by atoms with E-state index in [1.807, 2.05) is 24.3 Å². The van der Waals surface area contributed by atoms with Gasteiger partial charge in [-0.05, 0) is 242 Å². The van der Waals surface area contributed by atoms with E-state index in [0.717, 1.165) is 110 Å². The quantitative estimate of drug-likeness (QED) is 0.0274. The number of hydrogen-bond acceptors (Lipinski definition) is 12. The van der Waals surface area contributed by atoms with E-state index in [2.05, 4.69) is 231 Å². The Morgan fingerprint density at radius 1 is 0.294 bits per heavy atom. The molecule has 14 nitrogen and oxygen atoms in total. The van der Waals surface area contributed by atoms with Crippen LogP contribution in [0.4, 0.5) is 0 Å². The highest BCUT2D eigenvalue weighted by atomic mass is 16.6. The van der Waals surface area contributed by atoms with E-state index in [1.54, 1.807) is 24.3 Å². The molecule has 0 aliphatic carbocycles. The molecule has 14 heteroatoms. The van der Waals surface area contributed by atoms with Crippen LogP contribution < -0.4 is 28.4 Å². The van der Waals surface area contributed by atoms with Crippen molar-refractivity contribution in [1.82, 2.24) is 19.9 Å². The number of nitrogens with zero attached hydrogens (tertiary/aromatic N) is 2. The van der Waals surface area contributed by atoms with Crippen molar-refractivity contribution < 1.29 is 47.5 Å². The molecule has 5 heterocycles. The first-order chi connectivity index (χ1) is 60.6. The summed E-state index contributed by atoms with van der Waals surface area (Å²) >= 11 is 0. The fourth-order valence-corrected chi connectivity index (χ4v) is 16.4. The van der Waals surface area contributed by atoms with Crippen LogP contribution in [0, 0.1) is 94.7 Å². The molecule has 0 saturated heterocycles. The number of esters is 2. The van der Waals surface area contributed by atoms with Crippen LogP contribution in [0.5, 0.6) is 34.5 Å². The number of hydrogen-bond donors (Lipinski definition) is 2. The highest BCUT2D eigenvalue weighted by molar-refractivity contribution is 5.97. The van der Waals surface area contributed by atoms with Gasteiger partial charge in [-0.2, -0.15) is 0 Å². The first kappa shape index (κ1) is 100. The number of aromatic nitrogens is 4. The predicted octanol–water partition coefficient (Wildman–Crippen LogP) is 29.8. The zero-order valence-electron chi connectivity index (χ0n) is 80.7. The zero-order chi connectivity index (χ0) is 90.6. The topological polar surface area (TPSA) is 165 Å². The number of nitrogens with one attached hydrogen (secondary N) is 2. The lowest BCUT2D eigenvalue weighted by Crippen LogP contribution is -2.11. The van der Waals surface area contributed by atoms with Crippen molar-refractivity contribution in [2.24, 2.45) is 71.0 Å². The van der Waals surface area contributed by atoms with Crippen LogP contribution in [-0.4, -0.2) is 85.7 Å². The second kappa shape index (κ2) is 52.0. The molecule has 4 aromatic carbocycles. The molecule has 682 valence electrons. The van der Waals surface area contributed by atoms with Gasteiger partial charge in [-0.3, -0.25) is 0 Å². The van der Waals surface area contributed by atoms with Crippen molar-refractivity contribution in [2.45, 2.75) is 279 Å². The maximum absolute atomic E-state index is 12.9. The predicted molar refractivity (Wildman–Crippen MR) is 525 cm³/mol. The normalized spacial score (nSPS) is 13.3. The Bertz CT molecular complexity index is 4530. The molecule has 2 N–H and O–H groups in total. The van der Waals surface area contributed by atoms with Crippen LogP contribution in [0.2, 0.25) is 0 Å². The molecule has 6 atom stereocenters. The minimum Gasteiger partial charge on any atom is -0.490 e. The summed E-state index contributed by atoms with van der Waals surface area (Å²) in [5.74, 6) is 23.7. The van der Waals surface area contributed by atoms with E-state index < -0.39 is 11.9 Å². The van der Waals surface area contributed by atoms with Crippen LogP contribution in [0.1, 0.15) is 344 Å². The van der Waals surface area contributed by atoms with E-state index in [1.165, 1.54) is 91.3 Å². The Morgan fingerprint density at radius 3 is 0.794 bits per heavy atom. The average molecular weight is 1720 g/mol. The van der Waals surface area contributed by atoms with Crippen molar-refractivity contribution in [3.05, 3.63) is 153 Å². The Balaban J connectivity index is 1.36. The van der Waals surface area contributed by atoms with Gasteiger partial charge < -0.3 is 47.9 Å². The minimum absolute atomic E-state index is 0.424. The fourth-order valence-electron chi connectivity index (χ4n) is 16.4. The molecule has 0 radical (unpaired) electrons. The number of H-pyrrole nitrogens is 2. The van der Waals surface area contributed by atoms with Crippen LogP contribution in [0.3, 0.4) is 0 Å². The molecule has 126 heavy (non-hydrogen) atoms. The molecule has 2 aliphatic heterocycles. The van der Waals surface area contributed by atoms with Gasteiger partial charge in [0, 0.05) is 33.3 Å². The van der Waals surface area contributed by atoms with Crippen molar-refractivity contribution in [2.75, 3.05) is 53.9 Å². The van der Waals surface area contributed by atoms with Crippen LogP contribution in [0.25, 0.3) is 68.6 Å². The number of rotatable bonds is 52. The van der Waals surface area contributed by atoms with Crippen molar-refractivity contribution in [3.63, 3.8) is 0 Å². The van der Waals surface area contributed by atoms with E-state index in [4.69, 9.17) is 47.9 Å². The van der Waals surface area contributed by atoms with E-state index in [-0.39, 0.29) is 0 Å². The molecular formula is C112H154N4O10. The lowest BCUT2D eigenvalue weighted by molar-refractivity contribution is 0.0592. The lowest BCUT2D eigenvalue weighted by atomic mass is 9.97. The van der Waals surface area contributed by atoms with Crippen LogP contribution >= 0.6 is 0 Å². The summed E-state index contributed by atoms with van der Waals surface area (Å²) < 4.78 is 53.3. The van der Waals surface area contributed by atoms with Gasteiger partial charge in [-0.25, -0.2) is 19.6 Å². The Morgan fingerprint density at radius 2 is 0.540 bits per heavy atom. The number of methoxy groups -OCH3 is 2. The molecule has 0 fully saturated rings. The standard InChI is InChI=1S/C112H154N4O10/c1-75(2)27-21-33-81(13)59-65-121-103-71-91(72-104(122-66-60-82(14)34-22-28-76(3)4)109(103)125-69-63-85(17)37-25-31-79(9)10)107-99-55-51-95(113-99)93(49-43-87-39-45-89(46-40-87)111(117)119-19)97-53-57-101(115-97)108(102-58-54-98(116-102)94(96-52-56-100(107)114-96)50-44-88-41-47-90(48-42-88)112(118)120-20)92-73-105(123-67-61-83(15)35-23-29-77(5)6)110(126-70-64-86(18)38-26-32-80(11)12)106(74-92)124-68-62-84(16)36-24-30-78(7)8/h39-42,45-48,51-58,71-86,113,116H,21-38,59-70H2,1-20H3/t81-,82-,83-,84-,85-,86-/m0/s1. The Hall–Kier alpha value is -9.66. The third-order valence-electron chi connectivity index (χ3n) is 24.7. The average Bonchev–Trinajstić information content (AvgIpc) is 1.54. The first-order valence-corrected chi connectivity index (χ1v) is 48.3. The van der Waals surface area contributed by atoms with Crippen molar-refractivity contribution in [1.29, 1.82) is 0 Å². The van der Waals surface area contributed by atoms with Crippen molar-refractivity contribution in [3.8, 4) is 80.4 Å². The Labute approximate surface area is 758 Å². The molecule has 3 aromatic heterocycles. The smallest absolute Gasteiger partial charge is 0.337 e. The number of benzene rings is 4. The summed E-state index contributed by atoms with van der Waals surface area (Å²) in [6.07, 6.45) is 34.4. The highest BCUT2D eigenvalue weighted by Gasteiger charge is 2.27. The van der Waals surface area contributed by atoms with Gasteiger partial charge >= 0.3 is 11.9 Å². The van der Waals surface area contributed by atoms with Gasteiger partial charge in [0.1, 0.15) is 0 Å². The number of carbonyl (C=O) groups excluding carboxylic acids is 2. The van der Waals surface area contributed by atoms with Gasteiger partial charge in [-0.1, -0.05) is 264 Å². The van der Waals surface area contributed by atoms with E-state index in [9.17, 15) is 9.59 Å². The van der Waals surface area contributed by atoms with Gasteiger partial charge in [-0.15, -0.1) is 0 Å². The van der Waals surface area contributed by atoms with Crippen molar-refractivity contribution >= 4 is 58.3 Å². The number of aromatic amines is 2. The molecule has 0 amide bonds. The summed E-state index contributed by atoms with van der Waals surface area (Å²) in [6.45, 7) is 44.6. The molecule has 0 saturated carbocycles. The van der Waals surface area contributed by atoms with Gasteiger partial charge in [0.15, 0.2) is 23.0 Å². The second-order valence-electron chi connectivity index (χ2n) is 39.1. The first-order valence-electron chi connectivity index (χ1n) is 48.3. The maximum atomic E-state index is 12.9. The number of ether oxygens (including phenoxy) is 8. The third-order valence-corrected chi connectivity index (χ3v) is 24.7.